The van der Waals surface area contributed by atoms with Crippen LogP contribution in [0.2, 0.25) is 0 Å². The highest BCUT2D eigenvalue weighted by atomic mass is 79.9. The lowest BCUT2D eigenvalue weighted by Gasteiger charge is -2.27. The molecule has 2 N–H and O–H groups in total. The van der Waals surface area contributed by atoms with Gasteiger partial charge < -0.3 is 34.5 Å². The van der Waals surface area contributed by atoms with Gasteiger partial charge in [0.15, 0.2) is 0 Å². The van der Waals surface area contributed by atoms with E-state index in [-0.39, 0.29) is 0 Å². The lowest BCUT2D eigenvalue weighted by molar-refractivity contribution is 0.426. The standard InChI is InChI=1S/C54H41N3.C18H16BNO2.C18H13Br2N/c1-6-20-46(21-7-1)55(51-36-32-42(33-37-51)44-18-16-30-53(40-44)56(47-22-8-2-9-23-47)48-24-10-3-11-25-48)52-38-34-43(35-39-52)45-19-17-31-54(41-45)57(49-26-12-4-13-27-49)50-28-14-5-15-29-50;21-19(22)15-8-7-13-18(14-15)20(16-9-3-1-4-10-16)17-11-5-2-6-12-17;19-14-6-10-17(11-7-14)21(16-4-2-1-3-5-16)18-12-8-15(20)9-13-18/h1-41H;1-14,21-22H;1-13H. The summed E-state index contributed by atoms with van der Waals surface area (Å²) in [4.78, 5) is 11.2. The number of halogens is 2. The predicted octanol–water partition coefficient (Wildman–Crippen LogP) is 24.9. The Labute approximate surface area is 603 Å². The van der Waals surface area contributed by atoms with E-state index in [9.17, 15) is 10.0 Å². The third-order valence-electron chi connectivity index (χ3n) is 16.8. The van der Waals surface area contributed by atoms with Crippen molar-refractivity contribution in [2.75, 3.05) is 24.5 Å². The zero-order chi connectivity index (χ0) is 68.2. The fourth-order valence-corrected chi connectivity index (χ4v) is 12.6. The maximum atomic E-state index is 9.41. The minimum Gasteiger partial charge on any atom is -0.423 e. The van der Waals surface area contributed by atoms with Gasteiger partial charge in [0.25, 0.3) is 0 Å². The SMILES string of the molecule is Brc1ccc(N(c2ccccc2)c2ccc(Br)cc2)cc1.OB(O)c1cccc(N(c2ccccc2)c2ccccc2)c1.c1ccc(N(c2ccc(-c3cccc(N(c4ccccc4)c4ccccc4)c3)cc2)c2ccc(-c3cccc(N(c4ccccc4)c4ccccc4)c3)cc2)cc1. The number of hydrogen-bond donors (Lipinski definition) is 2. The van der Waals surface area contributed by atoms with Gasteiger partial charge in [-0.05, 0) is 234 Å². The Hall–Kier alpha value is -11.8. The number of benzene rings is 15. The first-order chi connectivity index (χ1) is 49.3. The van der Waals surface area contributed by atoms with Crippen molar-refractivity contribution in [3.05, 3.63) is 421 Å². The van der Waals surface area contributed by atoms with Crippen molar-refractivity contribution >= 4 is 130 Å². The zero-order valence-electron chi connectivity index (χ0n) is 54.7. The molecule has 15 aromatic carbocycles. The molecule has 0 atom stereocenters. The molecule has 0 aromatic heterocycles. The molecule has 0 aliphatic heterocycles. The summed E-state index contributed by atoms with van der Waals surface area (Å²) in [6.45, 7) is 0. The molecule has 100 heavy (non-hydrogen) atoms. The molecular formula is C90H70BBr2N5O2. The van der Waals surface area contributed by atoms with Crippen molar-refractivity contribution in [2.45, 2.75) is 0 Å². The maximum absolute atomic E-state index is 9.41. The van der Waals surface area contributed by atoms with E-state index < -0.39 is 7.12 Å². The van der Waals surface area contributed by atoms with Gasteiger partial charge in [-0.25, -0.2) is 0 Å². The second-order valence-corrected chi connectivity index (χ2v) is 25.3. The van der Waals surface area contributed by atoms with E-state index in [1.54, 1.807) is 12.1 Å². The van der Waals surface area contributed by atoms with Crippen LogP contribution in [0.1, 0.15) is 0 Å². The van der Waals surface area contributed by atoms with Crippen LogP contribution in [0.4, 0.5) is 85.3 Å². The van der Waals surface area contributed by atoms with E-state index in [0.29, 0.717) is 5.46 Å². The predicted molar refractivity (Wildman–Crippen MR) is 429 cm³/mol. The van der Waals surface area contributed by atoms with Crippen LogP contribution < -0.4 is 30.0 Å². The fourth-order valence-electron chi connectivity index (χ4n) is 12.1. The number of para-hydroxylation sites is 8. The number of anilines is 15. The van der Waals surface area contributed by atoms with Crippen LogP contribution >= 0.6 is 31.9 Å². The van der Waals surface area contributed by atoms with Crippen molar-refractivity contribution in [3.63, 3.8) is 0 Å². The first-order valence-electron chi connectivity index (χ1n) is 33.1. The van der Waals surface area contributed by atoms with E-state index in [2.05, 4.69) is 378 Å². The monoisotopic (exact) mass is 1420 g/mol. The Balaban J connectivity index is 0.000000169. The van der Waals surface area contributed by atoms with Gasteiger partial charge in [0.2, 0.25) is 0 Å². The largest absolute Gasteiger partial charge is 0.488 e. The molecule has 0 saturated carbocycles. The molecule has 10 heteroatoms. The van der Waals surface area contributed by atoms with Gasteiger partial charge >= 0.3 is 7.12 Å². The summed E-state index contributed by atoms with van der Waals surface area (Å²) in [5, 5.41) is 18.8. The molecule has 0 aliphatic rings. The second kappa shape index (κ2) is 33.0. The molecule has 0 spiro atoms. The minimum atomic E-state index is -1.48. The minimum absolute atomic E-state index is 0.467. The molecule has 7 nitrogen and oxygen atoms in total. The summed E-state index contributed by atoms with van der Waals surface area (Å²) in [7, 11) is -1.48. The Morgan fingerprint density at radius 3 is 0.600 bits per heavy atom. The molecule has 0 heterocycles. The molecule has 484 valence electrons. The molecule has 15 rings (SSSR count). The topological polar surface area (TPSA) is 56.7 Å². The third-order valence-corrected chi connectivity index (χ3v) is 17.9. The number of rotatable bonds is 18. The normalized spacial score (nSPS) is 10.6. The first-order valence-corrected chi connectivity index (χ1v) is 34.7. The van der Waals surface area contributed by atoms with E-state index in [4.69, 9.17) is 0 Å². The van der Waals surface area contributed by atoms with Crippen LogP contribution in [0.25, 0.3) is 22.3 Å². The van der Waals surface area contributed by atoms with Crippen LogP contribution in [-0.4, -0.2) is 17.2 Å². The van der Waals surface area contributed by atoms with Crippen LogP contribution in [-0.2, 0) is 0 Å². The maximum Gasteiger partial charge on any atom is 0.488 e. The highest BCUT2D eigenvalue weighted by Gasteiger charge is 2.20. The first kappa shape index (κ1) is 66.8. The van der Waals surface area contributed by atoms with E-state index >= 15 is 0 Å². The van der Waals surface area contributed by atoms with Crippen LogP contribution in [0.15, 0.2) is 421 Å². The summed E-state index contributed by atoms with van der Waals surface area (Å²) >= 11 is 6.98. The lowest BCUT2D eigenvalue weighted by Crippen LogP contribution is -2.30. The van der Waals surface area contributed by atoms with Gasteiger partial charge in [-0.3, -0.25) is 0 Å². The van der Waals surface area contributed by atoms with Crippen molar-refractivity contribution in [1.82, 2.24) is 0 Å². The van der Waals surface area contributed by atoms with Gasteiger partial charge in [0.1, 0.15) is 0 Å². The summed E-state index contributed by atoms with van der Waals surface area (Å²) in [6, 6.07) is 142. The van der Waals surface area contributed by atoms with Crippen LogP contribution in [0.3, 0.4) is 0 Å². The smallest absolute Gasteiger partial charge is 0.423 e. The molecule has 0 radical (unpaired) electrons. The molecule has 0 fully saturated rings. The summed E-state index contributed by atoms with van der Waals surface area (Å²) in [6.07, 6.45) is 0. The van der Waals surface area contributed by atoms with Crippen LogP contribution in [0, 0.1) is 0 Å². The highest BCUT2D eigenvalue weighted by molar-refractivity contribution is 9.10. The molecule has 15 aromatic rings. The van der Waals surface area contributed by atoms with Crippen LogP contribution in [0.5, 0.6) is 0 Å². The second-order valence-electron chi connectivity index (χ2n) is 23.5. The van der Waals surface area contributed by atoms with Crippen molar-refractivity contribution in [1.29, 1.82) is 0 Å². The molecule has 0 bridgehead atoms. The summed E-state index contributed by atoms with van der Waals surface area (Å²) in [5.41, 5.74) is 21.4. The van der Waals surface area contributed by atoms with E-state index in [1.165, 1.54) is 0 Å². The molecule has 0 unspecified atom stereocenters. The molecule has 0 amide bonds. The van der Waals surface area contributed by atoms with Gasteiger partial charge in [-0.2, -0.15) is 0 Å². The van der Waals surface area contributed by atoms with Crippen molar-refractivity contribution in [3.8, 4) is 22.3 Å². The molecular weight excluding hydrogens is 1350 g/mol. The zero-order valence-corrected chi connectivity index (χ0v) is 57.9. The van der Waals surface area contributed by atoms with Gasteiger partial charge in [0.05, 0.1) is 0 Å². The fraction of sp³-hybridized carbons (Fsp3) is 0. The number of nitrogens with zero attached hydrogens (tertiary/aromatic N) is 5. The lowest BCUT2D eigenvalue weighted by atomic mass is 9.80. The van der Waals surface area contributed by atoms with E-state index in [0.717, 1.165) is 117 Å². The molecule has 0 aliphatic carbocycles. The summed E-state index contributed by atoms with van der Waals surface area (Å²) in [5.74, 6) is 0. The Morgan fingerprint density at radius 2 is 0.360 bits per heavy atom. The highest BCUT2D eigenvalue weighted by Crippen LogP contribution is 2.42. The number of hydrogen-bond acceptors (Lipinski definition) is 7. The Bertz CT molecular complexity index is 4650. The summed E-state index contributed by atoms with van der Waals surface area (Å²) < 4.78 is 2.16. The Kier molecular flexibility index (Phi) is 22.1. The Morgan fingerprint density at radius 1 is 0.170 bits per heavy atom. The third kappa shape index (κ3) is 16.6. The van der Waals surface area contributed by atoms with Gasteiger partial charge in [-0.15, -0.1) is 0 Å². The average molecular weight is 1420 g/mol. The van der Waals surface area contributed by atoms with Gasteiger partial charge in [-0.1, -0.05) is 238 Å². The van der Waals surface area contributed by atoms with Gasteiger partial charge in [0, 0.05) is 94.3 Å². The van der Waals surface area contributed by atoms with Crippen molar-refractivity contribution in [2.24, 2.45) is 0 Å². The molecule has 0 saturated heterocycles. The van der Waals surface area contributed by atoms with E-state index in [1.807, 2.05) is 78.9 Å². The average Bonchev–Trinajstić information content (AvgIpc) is 0.811. The van der Waals surface area contributed by atoms with Crippen molar-refractivity contribution < 1.29 is 10.0 Å². The quantitative estimate of drug-likeness (QED) is 0.0830.